The first-order valence-electron chi connectivity index (χ1n) is 8.41. The Morgan fingerprint density at radius 1 is 1.17 bits per heavy atom. The number of hydrogen-bond acceptors (Lipinski definition) is 4. The topological polar surface area (TPSA) is 79.5 Å². The molecule has 124 valence electrons. The van der Waals surface area contributed by atoms with Crippen LogP contribution in [0.3, 0.4) is 0 Å². The van der Waals surface area contributed by atoms with Gasteiger partial charge in [0.1, 0.15) is 5.69 Å². The highest BCUT2D eigenvalue weighted by Gasteiger charge is 2.28. The maximum absolute atomic E-state index is 12.5. The van der Waals surface area contributed by atoms with Gasteiger partial charge in [-0.25, -0.2) is 0 Å². The Kier molecular flexibility index (Phi) is 4.91. The second-order valence-corrected chi connectivity index (χ2v) is 6.56. The van der Waals surface area contributed by atoms with Gasteiger partial charge in [-0.15, -0.1) is 0 Å². The molecular formula is C17H24N4O2. The summed E-state index contributed by atoms with van der Waals surface area (Å²) in [6.45, 7) is 5.11. The molecule has 1 unspecified atom stereocenters. The van der Waals surface area contributed by atoms with E-state index in [1.807, 2.05) is 4.90 Å². The minimum atomic E-state index is -0.577. The first-order chi connectivity index (χ1) is 11.1. The van der Waals surface area contributed by atoms with E-state index in [0.717, 1.165) is 26.1 Å². The zero-order valence-corrected chi connectivity index (χ0v) is 13.4. The molecule has 0 radical (unpaired) electrons. The maximum atomic E-state index is 12.5. The Balaban J connectivity index is 1.55. The van der Waals surface area contributed by atoms with Crippen molar-refractivity contribution in [3.63, 3.8) is 0 Å². The average molecular weight is 316 g/mol. The Bertz CT molecular complexity index is 566. The highest BCUT2D eigenvalue weighted by Crippen LogP contribution is 2.21. The van der Waals surface area contributed by atoms with Crippen molar-refractivity contribution in [3.8, 4) is 0 Å². The molecule has 3 rings (SSSR count). The van der Waals surface area contributed by atoms with E-state index in [9.17, 15) is 9.59 Å². The molecule has 0 aromatic carbocycles. The van der Waals surface area contributed by atoms with Crippen molar-refractivity contribution in [3.05, 3.63) is 29.6 Å². The third-order valence-corrected chi connectivity index (χ3v) is 4.80. The van der Waals surface area contributed by atoms with E-state index in [1.165, 1.54) is 44.6 Å². The second kappa shape index (κ2) is 7.08. The summed E-state index contributed by atoms with van der Waals surface area (Å²) in [6, 6.07) is 3.14. The second-order valence-electron chi connectivity index (χ2n) is 6.56. The normalized spacial score (nSPS) is 22.3. The van der Waals surface area contributed by atoms with Gasteiger partial charge in [-0.3, -0.25) is 14.6 Å². The van der Waals surface area contributed by atoms with Crippen LogP contribution in [0.15, 0.2) is 18.3 Å². The van der Waals surface area contributed by atoms with Crippen LogP contribution in [-0.2, 0) is 0 Å². The summed E-state index contributed by atoms with van der Waals surface area (Å²) >= 11 is 0. The smallest absolute Gasteiger partial charge is 0.267 e. The van der Waals surface area contributed by atoms with Crippen LogP contribution < -0.4 is 5.73 Å². The van der Waals surface area contributed by atoms with Crippen LogP contribution in [0.25, 0.3) is 0 Å². The highest BCUT2D eigenvalue weighted by molar-refractivity contribution is 5.95. The van der Waals surface area contributed by atoms with Crippen LogP contribution in [0.2, 0.25) is 0 Å². The molecule has 2 fully saturated rings. The van der Waals surface area contributed by atoms with Gasteiger partial charge in [0.2, 0.25) is 0 Å². The molecule has 2 N–H and O–H groups in total. The van der Waals surface area contributed by atoms with Gasteiger partial charge in [-0.2, -0.15) is 0 Å². The quantitative estimate of drug-likeness (QED) is 0.903. The number of pyridine rings is 1. The number of hydrogen-bond donors (Lipinski definition) is 1. The Morgan fingerprint density at radius 3 is 2.61 bits per heavy atom. The molecule has 23 heavy (non-hydrogen) atoms. The standard InChI is InChI=1S/C17H24N4O2/c18-16(22)15-5-4-14(10-19-15)17(23)21-9-6-13(12-21)11-20-7-2-1-3-8-20/h4-5,10,13H,1-3,6-9,11-12H2,(H2,18,22). The van der Waals surface area contributed by atoms with Crippen LogP contribution in [0.5, 0.6) is 0 Å². The molecule has 0 saturated carbocycles. The van der Waals surface area contributed by atoms with Crippen LogP contribution in [0.4, 0.5) is 0 Å². The van der Waals surface area contributed by atoms with E-state index < -0.39 is 5.91 Å². The van der Waals surface area contributed by atoms with E-state index in [4.69, 9.17) is 5.73 Å². The number of carbonyl (C=O) groups is 2. The van der Waals surface area contributed by atoms with E-state index >= 15 is 0 Å². The van der Waals surface area contributed by atoms with Crippen LogP contribution in [0.1, 0.15) is 46.5 Å². The fraction of sp³-hybridized carbons (Fsp3) is 0.588. The van der Waals surface area contributed by atoms with Crippen molar-refractivity contribution >= 4 is 11.8 Å². The summed E-state index contributed by atoms with van der Waals surface area (Å²) in [4.78, 5) is 31.9. The van der Waals surface area contributed by atoms with E-state index in [1.54, 1.807) is 6.07 Å². The molecule has 0 aliphatic carbocycles. The SMILES string of the molecule is NC(=O)c1ccc(C(=O)N2CCC(CN3CCCCC3)C2)cn1. The number of nitrogens with two attached hydrogens (primary N) is 1. The number of aromatic nitrogens is 1. The molecule has 6 heteroatoms. The van der Waals surface area contributed by atoms with Crippen molar-refractivity contribution in [2.75, 3.05) is 32.7 Å². The molecule has 2 aliphatic heterocycles. The van der Waals surface area contributed by atoms with Crippen molar-refractivity contribution < 1.29 is 9.59 Å². The summed E-state index contributed by atoms with van der Waals surface area (Å²) in [5.74, 6) is -0.0173. The molecule has 3 heterocycles. The molecule has 1 aromatic heterocycles. The van der Waals surface area contributed by atoms with Gasteiger partial charge >= 0.3 is 0 Å². The number of primary amides is 1. The van der Waals surface area contributed by atoms with Gasteiger partial charge < -0.3 is 15.5 Å². The highest BCUT2D eigenvalue weighted by atomic mass is 16.2. The molecule has 0 bridgehead atoms. The number of carbonyl (C=O) groups excluding carboxylic acids is 2. The lowest BCUT2D eigenvalue weighted by Gasteiger charge is -2.29. The van der Waals surface area contributed by atoms with Gasteiger partial charge in [0.25, 0.3) is 11.8 Å². The zero-order valence-electron chi connectivity index (χ0n) is 13.4. The molecule has 2 aliphatic rings. The molecule has 2 amide bonds. The largest absolute Gasteiger partial charge is 0.364 e. The lowest BCUT2D eigenvalue weighted by molar-refractivity contribution is 0.0781. The van der Waals surface area contributed by atoms with Gasteiger partial charge in [0.15, 0.2) is 0 Å². The summed E-state index contributed by atoms with van der Waals surface area (Å²) in [5.41, 5.74) is 5.88. The molecular weight excluding hydrogens is 292 g/mol. The Labute approximate surface area is 136 Å². The van der Waals surface area contributed by atoms with Crippen molar-refractivity contribution in [2.45, 2.75) is 25.7 Å². The summed E-state index contributed by atoms with van der Waals surface area (Å²) in [5, 5.41) is 0. The lowest BCUT2D eigenvalue weighted by Crippen LogP contribution is -2.36. The molecule has 0 spiro atoms. The third-order valence-electron chi connectivity index (χ3n) is 4.80. The zero-order chi connectivity index (χ0) is 16.2. The van der Waals surface area contributed by atoms with Gasteiger partial charge in [-0.1, -0.05) is 6.42 Å². The minimum Gasteiger partial charge on any atom is -0.364 e. The van der Waals surface area contributed by atoms with Gasteiger partial charge in [-0.05, 0) is 50.4 Å². The monoisotopic (exact) mass is 316 g/mol. The van der Waals surface area contributed by atoms with Crippen molar-refractivity contribution in [1.82, 2.24) is 14.8 Å². The van der Waals surface area contributed by atoms with E-state index in [2.05, 4.69) is 9.88 Å². The molecule has 1 aromatic rings. The fourth-order valence-electron chi connectivity index (χ4n) is 3.52. The first-order valence-corrected chi connectivity index (χ1v) is 8.41. The van der Waals surface area contributed by atoms with Gasteiger partial charge in [0.05, 0.1) is 5.56 Å². The summed E-state index contributed by atoms with van der Waals surface area (Å²) in [7, 11) is 0. The minimum absolute atomic E-state index is 0.00494. The maximum Gasteiger partial charge on any atom is 0.267 e. The van der Waals surface area contributed by atoms with Gasteiger partial charge in [0, 0.05) is 25.8 Å². The fourth-order valence-corrected chi connectivity index (χ4v) is 3.52. The number of likely N-dealkylation sites (tertiary alicyclic amines) is 2. The predicted molar refractivity (Wildman–Crippen MR) is 87.1 cm³/mol. The number of piperidine rings is 1. The molecule has 2 saturated heterocycles. The van der Waals surface area contributed by atoms with E-state index in [0.29, 0.717) is 11.5 Å². The Morgan fingerprint density at radius 2 is 1.96 bits per heavy atom. The summed E-state index contributed by atoms with van der Waals surface area (Å²) < 4.78 is 0. The number of rotatable bonds is 4. The molecule has 6 nitrogen and oxygen atoms in total. The number of amides is 2. The van der Waals surface area contributed by atoms with Crippen molar-refractivity contribution in [1.29, 1.82) is 0 Å². The third kappa shape index (κ3) is 3.88. The van der Waals surface area contributed by atoms with Crippen LogP contribution in [0, 0.1) is 5.92 Å². The molecule has 1 atom stereocenters. The van der Waals surface area contributed by atoms with Crippen LogP contribution >= 0.6 is 0 Å². The average Bonchev–Trinajstić information content (AvgIpc) is 3.03. The summed E-state index contributed by atoms with van der Waals surface area (Å²) in [6.07, 6.45) is 6.45. The van der Waals surface area contributed by atoms with Crippen LogP contribution in [-0.4, -0.2) is 59.3 Å². The number of nitrogens with zero attached hydrogens (tertiary/aromatic N) is 3. The van der Waals surface area contributed by atoms with Crippen molar-refractivity contribution in [2.24, 2.45) is 11.7 Å². The Hall–Kier alpha value is -1.95. The lowest BCUT2D eigenvalue weighted by atomic mass is 10.1. The first kappa shape index (κ1) is 15.9. The predicted octanol–water partition coefficient (Wildman–Crippen LogP) is 1.13. The van der Waals surface area contributed by atoms with E-state index in [-0.39, 0.29) is 11.6 Å².